The number of methoxy groups -OCH3 is 1. The number of hydrogen-bond acceptors (Lipinski definition) is 6. The molecular weight excluding hydrogens is 254 g/mol. The van der Waals surface area contributed by atoms with Gasteiger partial charge in [-0.1, -0.05) is 26.0 Å². The maximum Gasteiger partial charge on any atom is 0.205 e. The highest BCUT2D eigenvalue weighted by molar-refractivity contribution is 5.69. The zero-order valence-corrected chi connectivity index (χ0v) is 11.8. The smallest absolute Gasteiger partial charge is 0.205 e. The summed E-state index contributed by atoms with van der Waals surface area (Å²) < 4.78 is 5.27. The van der Waals surface area contributed by atoms with E-state index < -0.39 is 0 Å². The van der Waals surface area contributed by atoms with Crippen molar-refractivity contribution in [1.29, 1.82) is 0 Å². The quantitative estimate of drug-likeness (QED) is 0.573. The first kappa shape index (κ1) is 14.1. The van der Waals surface area contributed by atoms with Crippen molar-refractivity contribution < 1.29 is 4.74 Å². The molecule has 0 fully saturated rings. The van der Waals surface area contributed by atoms with Gasteiger partial charge in [-0.15, -0.1) is 0 Å². The Morgan fingerprint density at radius 2 is 1.75 bits per heavy atom. The molecule has 0 aliphatic rings. The summed E-state index contributed by atoms with van der Waals surface area (Å²) >= 11 is 0. The van der Waals surface area contributed by atoms with Crippen LogP contribution in [0.3, 0.4) is 0 Å². The van der Waals surface area contributed by atoms with Crippen LogP contribution < -0.4 is 21.3 Å². The molecule has 2 rings (SSSR count). The molecule has 0 aliphatic carbocycles. The number of nitrogen functional groups attached to an aromatic ring is 1. The summed E-state index contributed by atoms with van der Waals surface area (Å²) in [5.41, 5.74) is 4.69. The van der Waals surface area contributed by atoms with Crippen LogP contribution in [0.4, 0.5) is 17.3 Å². The van der Waals surface area contributed by atoms with Gasteiger partial charge in [0.25, 0.3) is 0 Å². The maximum atomic E-state index is 5.39. The van der Waals surface area contributed by atoms with E-state index in [4.69, 9.17) is 10.6 Å². The number of nitrogens with two attached hydrogens (primary N) is 1. The predicted octanol–water partition coefficient (Wildman–Crippen LogP) is 2.64. The summed E-state index contributed by atoms with van der Waals surface area (Å²) in [6, 6.07) is 8.18. The highest BCUT2D eigenvalue weighted by Crippen LogP contribution is 2.30. The lowest BCUT2D eigenvalue weighted by molar-refractivity contribution is 0.415. The van der Waals surface area contributed by atoms with Crippen LogP contribution in [0.25, 0.3) is 0 Å². The molecule has 0 bridgehead atoms. The molecule has 1 heterocycles. The molecule has 0 spiro atoms. The van der Waals surface area contributed by atoms with Gasteiger partial charge in [-0.3, -0.25) is 0 Å². The van der Waals surface area contributed by atoms with Gasteiger partial charge in [0.15, 0.2) is 11.6 Å². The third kappa shape index (κ3) is 2.97. The highest BCUT2D eigenvalue weighted by atomic mass is 16.5. The van der Waals surface area contributed by atoms with Crippen LogP contribution in [-0.2, 0) is 0 Å². The third-order valence-corrected chi connectivity index (χ3v) is 2.98. The molecule has 0 atom stereocenters. The number of nitrogens with one attached hydrogen (secondary N) is 2. The summed E-state index contributed by atoms with van der Waals surface area (Å²) in [7, 11) is 1.55. The molecule has 0 saturated carbocycles. The molecule has 6 nitrogen and oxygen atoms in total. The minimum Gasteiger partial charge on any atom is -0.490 e. The van der Waals surface area contributed by atoms with Gasteiger partial charge in [0.1, 0.15) is 6.33 Å². The van der Waals surface area contributed by atoms with Crippen molar-refractivity contribution in [2.24, 2.45) is 5.84 Å². The maximum absolute atomic E-state index is 5.39. The van der Waals surface area contributed by atoms with E-state index in [-0.39, 0.29) is 0 Å². The Kier molecular flexibility index (Phi) is 4.37. The Labute approximate surface area is 118 Å². The lowest BCUT2D eigenvalue weighted by Gasteiger charge is -2.13. The second-order valence-electron chi connectivity index (χ2n) is 4.65. The van der Waals surface area contributed by atoms with Crippen molar-refractivity contribution in [3.05, 3.63) is 36.2 Å². The van der Waals surface area contributed by atoms with E-state index >= 15 is 0 Å². The van der Waals surface area contributed by atoms with Gasteiger partial charge in [-0.2, -0.15) is 0 Å². The molecule has 4 N–H and O–H groups in total. The number of aromatic nitrogens is 2. The molecule has 1 aromatic carbocycles. The van der Waals surface area contributed by atoms with Gasteiger partial charge >= 0.3 is 0 Å². The second-order valence-corrected chi connectivity index (χ2v) is 4.65. The van der Waals surface area contributed by atoms with Crippen LogP contribution in [0.2, 0.25) is 0 Å². The molecule has 0 amide bonds. The molecule has 106 valence electrons. The molecular formula is C14H19N5O. The van der Waals surface area contributed by atoms with E-state index in [0.29, 0.717) is 23.3 Å². The topological polar surface area (TPSA) is 85.1 Å². The minimum absolute atomic E-state index is 0.434. The first-order valence-electron chi connectivity index (χ1n) is 6.38. The van der Waals surface area contributed by atoms with Crippen LogP contribution in [-0.4, -0.2) is 17.1 Å². The van der Waals surface area contributed by atoms with Crippen molar-refractivity contribution in [2.45, 2.75) is 19.8 Å². The van der Waals surface area contributed by atoms with Crippen molar-refractivity contribution >= 4 is 17.3 Å². The number of hydrazine groups is 1. The normalized spacial score (nSPS) is 10.4. The number of nitrogens with zero attached hydrogens (tertiary/aromatic N) is 2. The van der Waals surface area contributed by atoms with Crippen LogP contribution >= 0.6 is 0 Å². The standard InChI is InChI=1S/C14H19N5O/c1-9(2)10-4-6-11(7-5-10)18-13-12(20-3)14(19-15)17-8-16-13/h4-9H,15H2,1-3H3,(H2,16,17,18,19). The number of hydrogen-bond donors (Lipinski definition) is 3. The molecule has 1 aromatic heterocycles. The Morgan fingerprint density at radius 1 is 1.10 bits per heavy atom. The zero-order valence-electron chi connectivity index (χ0n) is 11.8. The summed E-state index contributed by atoms with van der Waals surface area (Å²) in [6.07, 6.45) is 1.42. The molecule has 6 heteroatoms. The van der Waals surface area contributed by atoms with Crippen LogP contribution in [0.1, 0.15) is 25.3 Å². The molecule has 0 radical (unpaired) electrons. The average molecular weight is 273 g/mol. The fourth-order valence-corrected chi connectivity index (χ4v) is 1.85. The van der Waals surface area contributed by atoms with E-state index in [1.54, 1.807) is 7.11 Å². The van der Waals surface area contributed by atoms with Gasteiger partial charge in [-0.05, 0) is 23.6 Å². The molecule has 20 heavy (non-hydrogen) atoms. The highest BCUT2D eigenvalue weighted by Gasteiger charge is 2.11. The summed E-state index contributed by atoms with van der Waals surface area (Å²) in [4.78, 5) is 8.16. The third-order valence-electron chi connectivity index (χ3n) is 2.98. The first-order valence-corrected chi connectivity index (χ1v) is 6.38. The van der Waals surface area contributed by atoms with E-state index in [9.17, 15) is 0 Å². The zero-order chi connectivity index (χ0) is 14.5. The van der Waals surface area contributed by atoms with Crippen molar-refractivity contribution in [1.82, 2.24) is 9.97 Å². The average Bonchev–Trinajstić information content (AvgIpc) is 2.47. The lowest BCUT2D eigenvalue weighted by Crippen LogP contribution is -2.11. The van der Waals surface area contributed by atoms with Crippen molar-refractivity contribution in [3.8, 4) is 5.75 Å². The van der Waals surface area contributed by atoms with Crippen LogP contribution in [0.15, 0.2) is 30.6 Å². The number of rotatable bonds is 5. The Hall–Kier alpha value is -2.34. The summed E-state index contributed by atoms with van der Waals surface area (Å²) in [5.74, 6) is 7.37. The van der Waals surface area contributed by atoms with E-state index in [1.165, 1.54) is 11.9 Å². The Bertz CT molecular complexity index is 568. The Morgan fingerprint density at radius 3 is 2.30 bits per heavy atom. The van der Waals surface area contributed by atoms with Crippen molar-refractivity contribution in [3.63, 3.8) is 0 Å². The number of benzene rings is 1. The van der Waals surface area contributed by atoms with E-state index in [1.807, 2.05) is 12.1 Å². The predicted molar refractivity (Wildman–Crippen MR) is 80.2 cm³/mol. The fourth-order valence-electron chi connectivity index (χ4n) is 1.85. The van der Waals surface area contributed by atoms with Gasteiger partial charge in [0.05, 0.1) is 7.11 Å². The van der Waals surface area contributed by atoms with Crippen LogP contribution in [0.5, 0.6) is 5.75 Å². The first-order chi connectivity index (χ1) is 9.65. The summed E-state index contributed by atoms with van der Waals surface area (Å²) in [6.45, 7) is 4.32. The summed E-state index contributed by atoms with van der Waals surface area (Å²) in [5, 5.41) is 3.19. The molecule has 0 saturated heterocycles. The minimum atomic E-state index is 0.434. The van der Waals surface area contributed by atoms with Gasteiger partial charge < -0.3 is 15.5 Å². The number of ether oxygens (including phenoxy) is 1. The van der Waals surface area contributed by atoms with Crippen LogP contribution in [0, 0.1) is 0 Å². The number of anilines is 3. The second kappa shape index (κ2) is 6.21. The molecule has 0 unspecified atom stereocenters. The van der Waals surface area contributed by atoms with Gasteiger partial charge in [0.2, 0.25) is 5.75 Å². The fraction of sp³-hybridized carbons (Fsp3) is 0.286. The van der Waals surface area contributed by atoms with Gasteiger partial charge in [0, 0.05) is 5.69 Å². The van der Waals surface area contributed by atoms with Crippen molar-refractivity contribution in [2.75, 3.05) is 17.9 Å². The largest absolute Gasteiger partial charge is 0.490 e. The van der Waals surface area contributed by atoms with E-state index in [0.717, 1.165) is 5.69 Å². The molecule has 0 aliphatic heterocycles. The lowest BCUT2D eigenvalue weighted by atomic mass is 10.0. The monoisotopic (exact) mass is 273 g/mol. The van der Waals surface area contributed by atoms with E-state index in [2.05, 4.69) is 46.7 Å². The SMILES string of the molecule is COc1c(NN)ncnc1Nc1ccc(C(C)C)cc1. The molecule has 2 aromatic rings. The Balaban J connectivity index is 2.25. The van der Waals surface area contributed by atoms with Gasteiger partial charge in [-0.25, -0.2) is 15.8 Å².